The summed E-state index contributed by atoms with van der Waals surface area (Å²) in [6.07, 6.45) is 6.12. The molecule has 98 valence electrons. The third kappa shape index (κ3) is 2.15. The summed E-state index contributed by atoms with van der Waals surface area (Å²) in [5.41, 5.74) is 1.16. The van der Waals surface area contributed by atoms with Gasteiger partial charge in [-0.25, -0.2) is 9.97 Å². The van der Waals surface area contributed by atoms with E-state index in [4.69, 9.17) is 0 Å². The Morgan fingerprint density at radius 1 is 1.28 bits per heavy atom. The number of rotatable bonds is 2. The van der Waals surface area contributed by atoms with E-state index < -0.39 is 0 Å². The van der Waals surface area contributed by atoms with Crippen molar-refractivity contribution in [1.29, 1.82) is 0 Å². The zero-order chi connectivity index (χ0) is 12.7. The molecule has 3 rings (SSSR count). The lowest BCUT2D eigenvalue weighted by Crippen LogP contribution is -2.44. The molecule has 3 heterocycles. The standard InChI is InChI=1S/C14H20BrN3/c1-3-11-8-14(17-9(2)16-11)18-12-4-5-13(18)7-10(15)6-12/h8,10,12-13H,3-7H2,1-2H3. The average Bonchev–Trinajstić information content (AvgIpc) is 2.61. The van der Waals surface area contributed by atoms with Gasteiger partial charge in [0.1, 0.15) is 11.6 Å². The van der Waals surface area contributed by atoms with E-state index in [0.717, 1.165) is 23.8 Å². The number of piperidine rings is 1. The van der Waals surface area contributed by atoms with Crippen LogP contribution in [0.15, 0.2) is 6.07 Å². The number of aromatic nitrogens is 2. The van der Waals surface area contributed by atoms with Gasteiger partial charge in [0.25, 0.3) is 0 Å². The third-order valence-corrected chi connectivity index (χ3v) is 4.93. The molecule has 0 N–H and O–H groups in total. The van der Waals surface area contributed by atoms with Gasteiger partial charge in [-0.15, -0.1) is 0 Å². The molecule has 0 spiro atoms. The molecule has 0 amide bonds. The first-order chi connectivity index (χ1) is 8.67. The van der Waals surface area contributed by atoms with Crippen molar-refractivity contribution in [3.8, 4) is 0 Å². The highest BCUT2D eigenvalue weighted by atomic mass is 79.9. The van der Waals surface area contributed by atoms with Gasteiger partial charge in [0.2, 0.25) is 0 Å². The van der Waals surface area contributed by atoms with Crippen LogP contribution in [-0.4, -0.2) is 26.9 Å². The number of anilines is 1. The first-order valence-electron chi connectivity index (χ1n) is 6.94. The van der Waals surface area contributed by atoms with Crippen LogP contribution < -0.4 is 4.90 Å². The Balaban J connectivity index is 1.93. The molecule has 3 nitrogen and oxygen atoms in total. The normalized spacial score (nSPS) is 30.8. The van der Waals surface area contributed by atoms with E-state index in [-0.39, 0.29) is 0 Å². The van der Waals surface area contributed by atoms with Crippen molar-refractivity contribution in [2.45, 2.75) is 62.9 Å². The summed E-state index contributed by atoms with van der Waals surface area (Å²) in [5, 5.41) is 0. The fraction of sp³-hybridized carbons (Fsp3) is 0.714. The molecule has 2 aliphatic heterocycles. The Hall–Kier alpha value is -0.640. The molecule has 0 radical (unpaired) electrons. The minimum Gasteiger partial charge on any atom is -0.350 e. The summed E-state index contributed by atoms with van der Waals surface area (Å²) in [5.74, 6) is 2.07. The van der Waals surface area contributed by atoms with Crippen molar-refractivity contribution in [3.05, 3.63) is 17.6 Å². The smallest absolute Gasteiger partial charge is 0.133 e. The van der Waals surface area contributed by atoms with Crippen LogP contribution in [0.4, 0.5) is 5.82 Å². The summed E-state index contributed by atoms with van der Waals surface area (Å²) in [6, 6.07) is 3.53. The van der Waals surface area contributed by atoms with Gasteiger partial charge in [-0.3, -0.25) is 0 Å². The van der Waals surface area contributed by atoms with Gasteiger partial charge in [0.15, 0.2) is 0 Å². The quantitative estimate of drug-likeness (QED) is 0.785. The molecule has 1 aromatic heterocycles. The molecule has 2 atom stereocenters. The van der Waals surface area contributed by atoms with Crippen molar-refractivity contribution in [2.75, 3.05) is 4.90 Å². The number of halogens is 1. The van der Waals surface area contributed by atoms with E-state index in [0.29, 0.717) is 16.9 Å². The number of hydrogen-bond donors (Lipinski definition) is 0. The third-order valence-electron chi connectivity index (χ3n) is 4.18. The fourth-order valence-electron chi connectivity index (χ4n) is 3.41. The van der Waals surface area contributed by atoms with Crippen molar-refractivity contribution in [2.24, 2.45) is 0 Å². The molecule has 4 heteroatoms. The summed E-state index contributed by atoms with van der Waals surface area (Å²) in [4.78, 5) is 12.4. The van der Waals surface area contributed by atoms with Crippen LogP contribution in [-0.2, 0) is 6.42 Å². The van der Waals surface area contributed by atoms with Crippen LogP contribution in [0.5, 0.6) is 0 Å². The molecular formula is C14H20BrN3. The molecule has 2 saturated heterocycles. The van der Waals surface area contributed by atoms with Crippen LogP contribution >= 0.6 is 15.9 Å². The number of fused-ring (bicyclic) bond motifs is 2. The van der Waals surface area contributed by atoms with Gasteiger partial charge < -0.3 is 4.90 Å². The highest BCUT2D eigenvalue weighted by Crippen LogP contribution is 2.40. The molecule has 2 unspecified atom stereocenters. The maximum Gasteiger partial charge on any atom is 0.133 e. The number of aryl methyl sites for hydroxylation is 2. The lowest BCUT2D eigenvalue weighted by atomic mass is 10.0. The van der Waals surface area contributed by atoms with Crippen LogP contribution in [0.25, 0.3) is 0 Å². The van der Waals surface area contributed by atoms with Crippen LogP contribution in [0.2, 0.25) is 0 Å². The second-order valence-corrected chi connectivity index (χ2v) is 6.77. The van der Waals surface area contributed by atoms with Gasteiger partial charge in [-0.2, -0.15) is 0 Å². The first kappa shape index (κ1) is 12.4. The van der Waals surface area contributed by atoms with Crippen LogP contribution in [0.1, 0.15) is 44.1 Å². The Morgan fingerprint density at radius 3 is 2.56 bits per heavy atom. The Morgan fingerprint density at radius 2 is 1.94 bits per heavy atom. The fourth-order valence-corrected chi connectivity index (χ4v) is 4.27. The number of hydrogen-bond acceptors (Lipinski definition) is 3. The molecule has 0 aromatic carbocycles. The van der Waals surface area contributed by atoms with Crippen LogP contribution in [0, 0.1) is 6.92 Å². The highest BCUT2D eigenvalue weighted by Gasteiger charge is 2.40. The molecule has 0 aliphatic carbocycles. The zero-order valence-electron chi connectivity index (χ0n) is 11.1. The van der Waals surface area contributed by atoms with E-state index in [9.17, 15) is 0 Å². The summed E-state index contributed by atoms with van der Waals surface area (Å²) in [7, 11) is 0. The number of alkyl halides is 1. The van der Waals surface area contributed by atoms with Crippen molar-refractivity contribution in [1.82, 2.24) is 9.97 Å². The molecule has 2 fully saturated rings. The lowest BCUT2D eigenvalue weighted by Gasteiger charge is -2.38. The SMILES string of the molecule is CCc1cc(N2C3CCC2CC(Br)C3)nc(C)n1. The van der Waals surface area contributed by atoms with Crippen molar-refractivity contribution < 1.29 is 0 Å². The second-order valence-electron chi connectivity index (χ2n) is 5.48. The van der Waals surface area contributed by atoms with E-state index in [2.05, 4.69) is 43.8 Å². The van der Waals surface area contributed by atoms with E-state index in [1.165, 1.54) is 25.7 Å². The van der Waals surface area contributed by atoms with E-state index >= 15 is 0 Å². The Bertz CT molecular complexity index is 435. The summed E-state index contributed by atoms with van der Waals surface area (Å²) in [6.45, 7) is 4.16. The zero-order valence-corrected chi connectivity index (χ0v) is 12.7. The summed E-state index contributed by atoms with van der Waals surface area (Å²) >= 11 is 3.79. The van der Waals surface area contributed by atoms with Gasteiger partial charge in [0.05, 0.1) is 0 Å². The van der Waals surface area contributed by atoms with E-state index in [1.807, 2.05) is 6.92 Å². The van der Waals surface area contributed by atoms with E-state index in [1.54, 1.807) is 0 Å². The van der Waals surface area contributed by atoms with Gasteiger partial charge >= 0.3 is 0 Å². The van der Waals surface area contributed by atoms with Crippen molar-refractivity contribution in [3.63, 3.8) is 0 Å². The maximum absolute atomic E-state index is 4.67. The van der Waals surface area contributed by atoms with Gasteiger partial charge in [-0.05, 0) is 39.0 Å². The Labute approximate surface area is 117 Å². The molecule has 1 aromatic rings. The molecule has 2 aliphatic rings. The van der Waals surface area contributed by atoms with Crippen molar-refractivity contribution >= 4 is 21.7 Å². The van der Waals surface area contributed by atoms with Gasteiger partial charge in [-0.1, -0.05) is 22.9 Å². The second kappa shape index (κ2) is 4.80. The first-order valence-corrected chi connectivity index (χ1v) is 7.86. The molecule has 2 bridgehead atoms. The monoisotopic (exact) mass is 309 g/mol. The minimum atomic E-state index is 0.673. The highest BCUT2D eigenvalue weighted by molar-refractivity contribution is 9.09. The van der Waals surface area contributed by atoms with Crippen LogP contribution in [0.3, 0.4) is 0 Å². The largest absolute Gasteiger partial charge is 0.350 e. The minimum absolute atomic E-state index is 0.673. The predicted octanol–water partition coefficient (Wildman–Crippen LogP) is 3.24. The lowest BCUT2D eigenvalue weighted by molar-refractivity contribution is 0.478. The molecule has 18 heavy (non-hydrogen) atoms. The molecule has 0 saturated carbocycles. The predicted molar refractivity (Wildman–Crippen MR) is 77.4 cm³/mol. The maximum atomic E-state index is 4.67. The summed E-state index contributed by atoms with van der Waals surface area (Å²) < 4.78 is 0. The average molecular weight is 310 g/mol. The topological polar surface area (TPSA) is 29.0 Å². The van der Waals surface area contributed by atoms with Gasteiger partial charge in [0, 0.05) is 28.7 Å². The Kier molecular flexibility index (Phi) is 3.31. The number of nitrogens with zero attached hydrogens (tertiary/aromatic N) is 3. The molecular weight excluding hydrogens is 290 g/mol.